The van der Waals surface area contributed by atoms with Gasteiger partial charge in [-0.2, -0.15) is 0 Å². The Morgan fingerprint density at radius 3 is 2.57 bits per heavy atom. The third-order valence-corrected chi connectivity index (χ3v) is 8.86. The van der Waals surface area contributed by atoms with E-state index in [1.807, 2.05) is 75.4 Å². The highest BCUT2D eigenvalue weighted by Crippen LogP contribution is 2.48. The Balaban J connectivity index is 1.56. The maximum atomic E-state index is 13.6. The lowest BCUT2D eigenvalue weighted by atomic mass is 9.88. The Morgan fingerprint density at radius 1 is 1.06 bits per heavy atom. The molecule has 0 amide bonds. The first kappa shape index (κ1) is 23.3. The minimum atomic E-state index is -3.57. The highest BCUT2D eigenvalue weighted by Gasteiger charge is 2.43. The van der Waals surface area contributed by atoms with Crippen LogP contribution in [0.4, 0.5) is 11.4 Å². The highest BCUT2D eigenvalue weighted by molar-refractivity contribution is 7.95. The molecule has 1 atom stereocenters. The van der Waals surface area contributed by atoms with E-state index in [1.165, 1.54) is 0 Å². The molecule has 0 aliphatic carbocycles. The maximum Gasteiger partial charge on any atom is 0.179 e. The second-order valence-corrected chi connectivity index (χ2v) is 12.1. The van der Waals surface area contributed by atoms with Crippen molar-refractivity contribution in [3.63, 3.8) is 0 Å². The number of hydrogen-bond donors (Lipinski definition) is 3. The summed E-state index contributed by atoms with van der Waals surface area (Å²) in [4.78, 5) is 0.341. The number of nitrogens with one attached hydrogen (secondary N) is 2. The fourth-order valence-corrected chi connectivity index (χ4v) is 7.37. The van der Waals surface area contributed by atoms with Crippen LogP contribution in [-0.2, 0) is 16.4 Å². The van der Waals surface area contributed by atoms with Gasteiger partial charge in [0.1, 0.15) is 23.8 Å². The molecule has 3 N–H and O–H groups in total. The van der Waals surface area contributed by atoms with Crippen molar-refractivity contribution in [3.8, 4) is 11.5 Å². The first-order valence-electron chi connectivity index (χ1n) is 11.7. The first-order valence-corrected chi connectivity index (χ1v) is 13.4. The number of ether oxygens (including phenoxy) is 1. The molecule has 0 saturated carbocycles. The Morgan fingerprint density at radius 2 is 1.83 bits per heavy atom. The smallest absolute Gasteiger partial charge is 0.179 e. The molecular formula is C28H30N2O4S. The summed E-state index contributed by atoms with van der Waals surface area (Å²) in [7, 11) is -3.57. The third-order valence-electron chi connectivity index (χ3n) is 6.55. The van der Waals surface area contributed by atoms with E-state index in [-0.39, 0.29) is 11.5 Å². The molecule has 5 rings (SSSR count). The number of hydrogen-bond acceptors (Lipinski definition) is 6. The van der Waals surface area contributed by atoms with Gasteiger partial charge in [0.25, 0.3) is 0 Å². The zero-order chi connectivity index (χ0) is 24.8. The van der Waals surface area contributed by atoms with Gasteiger partial charge in [-0.05, 0) is 59.7 Å². The minimum absolute atomic E-state index is 0.0678. The standard InChI is InChI=1S/C28H30N2O4S/c1-18-14-20(34-16-19-8-5-4-6-9-19)12-13-21(18)25-27-23(15-28(2,3)17-35(27,32)33)30-26-22(29-25)10-7-11-24(26)31/h4-14,25,29-31H,15-17H2,1-3H3. The van der Waals surface area contributed by atoms with E-state index in [1.54, 1.807) is 12.1 Å². The summed E-state index contributed by atoms with van der Waals surface area (Å²) in [5.41, 5.74) is 4.20. The predicted molar refractivity (Wildman–Crippen MR) is 139 cm³/mol. The van der Waals surface area contributed by atoms with Crippen LogP contribution in [0.3, 0.4) is 0 Å². The zero-order valence-corrected chi connectivity index (χ0v) is 20.9. The summed E-state index contributed by atoms with van der Waals surface area (Å²) in [5.74, 6) is 0.865. The van der Waals surface area contributed by atoms with Gasteiger partial charge in [0, 0.05) is 5.70 Å². The van der Waals surface area contributed by atoms with Gasteiger partial charge < -0.3 is 20.5 Å². The fraction of sp³-hybridized carbons (Fsp3) is 0.286. The number of sulfone groups is 1. The van der Waals surface area contributed by atoms with Crippen LogP contribution < -0.4 is 15.4 Å². The molecule has 182 valence electrons. The van der Waals surface area contributed by atoms with E-state index in [0.717, 1.165) is 22.4 Å². The molecular weight excluding hydrogens is 460 g/mol. The lowest BCUT2D eigenvalue weighted by Gasteiger charge is -2.35. The predicted octanol–water partition coefficient (Wildman–Crippen LogP) is 5.91. The quantitative estimate of drug-likeness (QED) is 0.394. The number of aryl methyl sites for hydroxylation is 1. The number of benzene rings is 3. The van der Waals surface area contributed by atoms with Crippen LogP contribution >= 0.6 is 0 Å². The van der Waals surface area contributed by atoms with Gasteiger partial charge in [0.15, 0.2) is 9.84 Å². The van der Waals surface area contributed by atoms with Gasteiger partial charge in [-0.1, -0.05) is 56.3 Å². The summed E-state index contributed by atoms with van der Waals surface area (Å²) in [6, 6.07) is 20.3. The van der Waals surface area contributed by atoms with Crippen LogP contribution in [0.2, 0.25) is 0 Å². The van der Waals surface area contributed by atoms with Gasteiger partial charge >= 0.3 is 0 Å². The van der Waals surface area contributed by atoms with Crippen molar-refractivity contribution in [1.29, 1.82) is 0 Å². The number of allylic oxidation sites excluding steroid dienone is 1. The molecule has 0 saturated heterocycles. The SMILES string of the molecule is Cc1cc(OCc2ccccc2)ccc1C1Nc2cccc(O)c2NC2=C1S(=O)(=O)CC(C)(C)C2. The molecule has 0 aromatic heterocycles. The minimum Gasteiger partial charge on any atom is -0.506 e. The van der Waals surface area contributed by atoms with Crippen LogP contribution in [0.15, 0.2) is 77.3 Å². The number of phenolic OH excluding ortho intramolecular Hbond substituents is 1. The van der Waals surface area contributed by atoms with Crippen molar-refractivity contribution in [1.82, 2.24) is 0 Å². The van der Waals surface area contributed by atoms with Gasteiger partial charge in [-0.15, -0.1) is 0 Å². The first-order chi connectivity index (χ1) is 16.6. The van der Waals surface area contributed by atoms with Crippen molar-refractivity contribution in [2.24, 2.45) is 5.41 Å². The summed E-state index contributed by atoms with van der Waals surface area (Å²) < 4.78 is 33.2. The second-order valence-electron chi connectivity index (χ2n) is 10.1. The summed E-state index contributed by atoms with van der Waals surface area (Å²) in [6.07, 6.45) is 0.560. The molecule has 6 nitrogen and oxygen atoms in total. The molecule has 0 bridgehead atoms. The molecule has 2 aliphatic rings. The van der Waals surface area contributed by atoms with Crippen LogP contribution in [0.1, 0.15) is 43.0 Å². The van der Waals surface area contributed by atoms with Crippen molar-refractivity contribution >= 4 is 21.2 Å². The average Bonchev–Trinajstić information content (AvgIpc) is 2.95. The maximum absolute atomic E-state index is 13.6. The molecule has 3 aromatic rings. The highest BCUT2D eigenvalue weighted by atomic mass is 32.2. The second kappa shape index (κ2) is 8.64. The van der Waals surface area contributed by atoms with E-state index >= 15 is 0 Å². The lowest BCUT2D eigenvalue weighted by Crippen LogP contribution is -2.35. The Labute approximate surface area is 206 Å². The molecule has 7 heteroatoms. The van der Waals surface area contributed by atoms with Crippen molar-refractivity contribution < 1.29 is 18.3 Å². The fourth-order valence-electron chi connectivity index (χ4n) is 5.04. The molecule has 0 radical (unpaired) electrons. The average molecular weight is 491 g/mol. The molecule has 1 unspecified atom stereocenters. The van der Waals surface area contributed by atoms with E-state index in [0.29, 0.717) is 35.0 Å². The number of rotatable bonds is 4. The van der Waals surface area contributed by atoms with E-state index in [4.69, 9.17) is 4.74 Å². The van der Waals surface area contributed by atoms with E-state index in [2.05, 4.69) is 10.6 Å². The van der Waals surface area contributed by atoms with E-state index < -0.39 is 21.3 Å². The monoisotopic (exact) mass is 490 g/mol. The number of para-hydroxylation sites is 1. The van der Waals surface area contributed by atoms with Gasteiger partial charge in [0.2, 0.25) is 0 Å². The van der Waals surface area contributed by atoms with Crippen molar-refractivity contribution in [2.45, 2.75) is 39.8 Å². The number of fused-ring (bicyclic) bond motifs is 1. The molecule has 0 fully saturated rings. The largest absolute Gasteiger partial charge is 0.506 e. The van der Waals surface area contributed by atoms with E-state index in [9.17, 15) is 13.5 Å². The summed E-state index contributed by atoms with van der Waals surface area (Å²) in [6.45, 7) is 6.34. The van der Waals surface area contributed by atoms with Crippen LogP contribution in [0.5, 0.6) is 11.5 Å². The Bertz CT molecular complexity index is 1410. The summed E-state index contributed by atoms with van der Waals surface area (Å²) in [5, 5.41) is 17.2. The molecule has 35 heavy (non-hydrogen) atoms. The number of phenols is 1. The van der Waals surface area contributed by atoms with Crippen LogP contribution in [-0.4, -0.2) is 19.3 Å². The van der Waals surface area contributed by atoms with Gasteiger partial charge in [-0.25, -0.2) is 8.42 Å². The number of anilines is 2. The van der Waals surface area contributed by atoms with Crippen LogP contribution in [0, 0.1) is 12.3 Å². The Hall–Kier alpha value is -3.45. The summed E-state index contributed by atoms with van der Waals surface area (Å²) >= 11 is 0. The van der Waals surface area contributed by atoms with Crippen molar-refractivity contribution in [3.05, 3.63) is 94.0 Å². The molecule has 0 spiro atoms. The number of aromatic hydroxyl groups is 1. The Kier molecular flexibility index (Phi) is 5.75. The zero-order valence-electron chi connectivity index (χ0n) is 20.1. The van der Waals surface area contributed by atoms with Crippen LogP contribution in [0.25, 0.3) is 0 Å². The third kappa shape index (κ3) is 4.60. The molecule has 3 aromatic carbocycles. The lowest BCUT2D eigenvalue weighted by molar-refractivity contribution is 0.306. The topological polar surface area (TPSA) is 87.7 Å². The molecule has 2 aliphatic heterocycles. The van der Waals surface area contributed by atoms with Gasteiger partial charge in [0.05, 0.1) is 22.4 Å². The molecule has 2 heterocycles. The van der Waals surface area contributed by atoms with Gasteiger partial charge in [-0.3, -0.25) is 0 Å². The van der Waals surface area contributed by atoms with Crippen molar-refractivity contribution in [2.75, 3.05) is 16.4 Å². The normalized spacial score (nSPS) is 20.0.